The average Bonchev–Trinajstić information content (AvgIpc) is 3.03. The van der Waals surface area contributed by atoms with Crippen molar-refractivity contribution in [2.75, 3.05) is 45.1 Å². The minimum absolute atomic E-state index is 0. The number of piperazine rings is 1. The predicted octanol–water partition coefficient (Wildman–Crippen LogP) is -0.186. The number of carbonyl (C=O) groups excluding carboxylic acids is 1. The maximum absolute atomic E-state index is 12.4. The molecule has 8 nitrogen and oxygen atoms in total. The Hall–Kier alpha value is -0.450. The summed E-state index contributed by atoms with van der Waals surface area (Å²) in [5, 5.41) is 0. The van der Waals surface area contributed by atoms with E-state index in [0.29, 0.717) is 39.1 Å². The Labute approximate surface area is 156 Å². The molecule has 2 N–H and O–H groups in total. The summed E-state index contributed by atoms with van der Waals surface area (Å²) in [7, 11) is -3.34. The molecule has 2 fully saturated rings. The summed E-state index contributed by atoms with van der Waals surface area (Å²) in [6, 6.07) is 0. The van der Waals surface area contributed by atoms with E-state index in [1.807, 2.05) is 13.8 Å². The number of amides is 1. The number of nitrogens with zero attached hydrogens (tertiary/aromatic N) is 2. The number of carbonyl (C=O) groups is 1. The van der Waals surface area contributed by atoms with Crippen LogP contribution >= 0.6 is 12.4 Å². The molecule has 2 heterocycles. The van der Waals surface area contributed by atoms with Crippen LogP contribution in [-0.4, -0.2) is 86.9 Å². The topological polar surface area (TPSA) is 102 Å². The van der Waals surface area contributed by atoms with Crippen LogP contribution in [0.15, 0.2) is 0 Å². The summed E-state index contributed by atoms with van der Waals surface area (Å²) in [6.07, 6.45) is 1.03. The van der Waals surface area contributed by atoms with E-state index in [1.165, 1.54) is 4.31 Å². The van der Waals surface area contributed by atoms with Crippen LogP contribution in [-0.2, 0) is 24.3 Å². The van der Waals surface area contributed by atoms with Crippen molar-refractivity contribution < 1.29 is 22.7 Å². The molecule has 0 spiro atoms. The number of hydrogen-bond donors (Lipinski definition) is 1. The van der Waals surface area contributed by atoms with Crippen LogP contribution in [0.1, 0.15) is 26.7 Å². The van der Waals surface area contributed by atoms with Crippen molar-refractivity contribution in [2.45, 2.75) is 45.0 Å². The van der Waals surface area contributed by atoms with E-state index in [-0.39, 0.29) is 42.9 Å². The van der Waals surface area contributed by atoms with E-state index < -0.39 is 16.1 Å². The number of ether oxygens (including phenoxy) is 2. The van der Waals surface area contributed by atoms with Gasteiger partial charge in [-0.25, -0.2) is 8.42 Å². The molecular weight excluding hydrogens is 370 g/mol. The Morgan fingerprint density at radius 3 is 2.40 bits per heavy atom. The molecule has 148 valence electrons. The highest BCUT2D eigenvalue weighted by Gasteiger charge is 2.35. The average molecular weight is 400 g/mol. The van der Waals surface area contributed by atoms with Gasteiger partial charge in [0.25, 0.3) is 5.91 Å². The number of rotatable bonds is 7. The van der Waals surface area contributed by atoms with Gasteiger partial charge in [-0.15, -0.1) is 12.4 Å². The SMILES string of the molecule is CC(C)OCCS(=O)(=O)N1CCN(C(=O)[C@@H]2CC[C@H](CN)O2)CC1.Cl. The maximum Gasteiger partial charge on any atom is 0.251 e. The molecule has 0 aliphatic carbocycles. The first kappa shape index (κ1) is 22.6. The second-order valence-corrected chi connectivity index (χ2v) is 8.61. The standard InChI is InChI=1S/C15H29N3O5S.ClH/c1-12(2)22-9-10-24(20,21)18-7-5-17(6-8-18)15(19)14-4-3-13(11-16)23-14;/h12-14H,3-11,16H2,1-2H3;1H/t13-,14+;/m1./s1. The molecule has 10 heteroatoms. The third kappa shape index (κ3) is 6.33. The molecule has 0 bridgehead atoms. The van der Waals surface area contributed by atoms with Gasteiger partial charge in [0, 0.05) is 32.7 Å². The highest BCUT2D eigenvalue weighted by molar-refractivity contribution is 7.89. The zero-order chi connectivity index (χ0) is 17.7. The van der Waals surface area contributed by atoms with Crippen molar-refractivity contribution in [3.63, 3.8) is 0 Å². The van der Waals surface area contributed by atoms with Gasteiger partial charge >= 0.3 is 0 Å². The second-order valence-electron chi connectivity index (χ2n) is 6.52. The van der Waals surface area contributed by atoms with E-state index in [1.54, 1.807) is 4.90 Å². The summed E-state index contributed by atoms with van der Waals surface area (Å²) in [5.41, 5.74) is 5.57. The highest BCUT2D eigenvalue weighted by Crippen LogP contribution is 2.21. The normalized spacial score (nSPS) is 25.2. The van der Waals surface area contributed by atoms with Crippen LogP contribution in [0.25, 0.3) is 0 Å². The maximum atomic E-state index is 12.4. The highest BCUT2D eigenvalue weighted by atomic mass is 35.5. The van der Waals surface area contributed by atoms with Gasteiger partial charge < -0.3 is 20.1 Å². The minimum atomic E-state index is -3.34. The van der Waals surface area contributed by atoms with Gasteiger partial charge in [-0.1, -0.05) is 0 Å². The molecule has 0 aromatic carbocycles. The fourth-order valence-electron chi connectivity index (χ4n) is 2.97. The van der Waals surface area contributed by atoms with Gasteiger partial charge in [-0.05, 0) is 26.7 Å². The van der Waals surface area contributed by atoms with E-state index in [2.05, 4.69) is 0 Å². The van der Waals surface area contributed by atoms with E-state index in [4.69, 9.17) is 15.2 Å². The van der Waals surface area contributed by atoms with Gasteiger partial charge in [0.1, 0.15) is 6.10 Å². The molecule has 25 heavy (non-hydrogen) atoms. The van der Waals surface area contributed by atoms with Crippen molar-refractivity contribution in [3.05, 3.63) is 0 Å². The van der Waals surface area contributed by atoms with E-state index in [0.717, 1.165) is 6.42 Å². The first-order valence-electron chi connectivity index (χ1n) is 8.57. The van der Waals surface area contributed by atoms with Crippen molar-refractivity contribution in [3.8, 4) is 0 Å². The first-order chi connectivity index (χ1) is 11.3. The minimum Gasteiger partial charge on any atom is -0.378 e. The molecular formula is C15H30ClN3O5S. The molecule has 0 saturated carbocycles. The Bertz CT molecular complexity index is 523. The number of hydrogen-bond acceptors (Lipinski definition) is 6. The monoisotopic (exact) mass is 399 g/mol. The lowest BCUT2D eigenvalue weighted by Crippen LogP contribution is -2.53. The predicted molar refractivity (Wildman–Crippen MR) is 97.2 cm³/mol. The summed E-state index contributed by atoms with van der Waals surface area (Å²) < 4.78 is 37.0. The smallest absolute Gasteiger partial charge is 0.251 e. The number of halogens is 1. The van der Waals surface area contributed by atoms with Crippen LogP contribution in [0.5, 0.6) is 0 Å². The van der Waals surface area contributed by atoms with Crippen molar-refractivity contribution in [2.24, 2.45) is 5.73 Å². The number of nitrogens with two attached hydrogens (primary N) is 1. The van der Waals surface area contributed by atoms with Crippen LogP contribution in [0, 0.1) is 0 Å². The summed E-state index contributed by atoms with van der Waals surface area (Å²) in [5.74, 6) is -0.0746. The Morgan fingerprint density at radius 2 is 1.88 bits per heavy atom. The molecule has 0 aromatic heterocycles. The van der Waals surface area contributed by atoms with E-state index in [9.17, 15) is 13.2 Å². The summed E-state index contributed by atoms with van der Waals surface area (Å²) in [6.45, 7) is 5.80. The Kier molecular flexibility index (Phi) is 9.07. The summed E-state index contributed by atoms with van der Waals surface area (Å²) in [4.78, 5) is 14.1. The first-order valence-corrected chi connectivity index (χ1v) is 10.2. The molecule has 2 rings (SSSR count). The lowest BCUT2D eigenvalue weighted by atomic mass is 10.1. The second kappa shape index (κ2) is 10.0. The van der Waals surface area contributed by atoms with Crippen LogP contribution in [0.2, 0.25) is 0 Å². The van der Waals surface area contributed by atoms with Gasteiger partial charge in [0.05, 0.1) is 24.6 Å². The molecule has 0 radical (unpaired) electrons. The third-order valence-corrected chi connectivity index (χ3v) is 6.22. The Morgan fingerprint density at radius 1 is 1.24 bits per heavy atom. The third-order valence-electron chi connectivity index (χ3n) is 4.38. The molecule has 1 amide bonds. The quantitative estimate of drug-likeness (QED) is 0.636. The van der Waals surface area contributed by atoms with Crippen LogP contribution in [0.4, 0.5) is 0 Å². The van der Waals surface area contributed by atoms with E-state index >= 15 is 0 Å². The van der Waals surface area contributed by atoms with Gasteiger partial charge in [-0.2, -0.15) is 4.31 Å². The lowest BCUT2D eigenvalue weighted by molar-refractivity contribution is -0.143. The largest absolute Gasteiger partial charge is 0.378 e. The fraction of sp³-hybridized carbons (Fsp3) is 0.933. The van der Waals surface area contributed by atoms with Gasteiger partial charge in [-0.3, -0.25) is 4.79 Å². The zero-order valence-corrected chi connectivity index (χ0v) is 16.6. The number of sulfonamides is 1. The summed E-state index contributed by atoms with van der Waals surface area (Å²) >= 11 is 0. The molecule has 2 aliphatic heterocycles. The lowest BCUT2D eigenvalue weighted by Gasteiger charge is -2.35. The zero-order valence-electron chi connectivity index (χ0n) is 14.9. The van der Waals surface area contributed by atoms with Crippen molar-refractivity contribution in [1.82, 2.24) is 9.21 Å². The fourth-order valence-corrected chi connectivity index (χ4v) is 4.25. The molecule has 2 saturated heterocycles. The van der Waals surface area contributed by atoms with Crippen LogP contribution < -0.4 is 5.73 Å². The van der Waals surface area contributed by atoms with Gasteiger partial charge in [0.2, 0.25) is 10.0 Å². The van der Waals surface area contributed by atoms with Crippen molar-refractivity contribution in [1.29, 1.82) is 0 Å². The molecule has 0 unspecified atom stereocenters. The molecule has 0 aromatic rings. The van der Waals surface area contributed by atoms with Crippen LogP contribution in [0.3, 0.4) is 0 Å². The van der Waals surface area contributed by atoms with Gasteiger partial charge in [0.15, 0.2) is 0 Å². The molecule has 2 aliphatic rings. The van der Waals surface area contributed by atoms with Crippen molar-refractivity contribution >= 4 is 28.3 Å². The Balaban J connectivity index is 0.00000312. The molecule has 2 atom stereocenters.